The molecule has 0 spiro atoms. The summed E-state index contributed by atoms with van der Waals surface area (Å²) in [6, 6.07) is 0. The van der Waals surface area contributed by atoms with Crippen molar-refractivity contribution in [3.05, 3.63) is 0 Å². The first-order valence-electron chi connectivity index (χ1n) is 4.90. The van der Waals surface area contributed by atoms with E-state index in [2.05, 4.69) is 5.16 Å². The van der Waals surface area contributed by atoms with Crippen molar-refractivity contribution < 1.29 is 26.8 Å². The topological polar surface area (TPSA) is 108 Å². The summed E-state index contributed by atoms with van der Waals surface area (Å²) in [6.45, 7) is -0.578. The normalized spacial score (nSPS) is 14.2. The number of rotatable bonds is 7. The second-order valence-electron chi connectivity index (χ2n) is 3.37. The molecule has 11 heteroatoms. The molecule has 0 amide bonds. The summed E-state index contributed by atoms with van der Waals surface area (Å²) in [7, 11) is -4.33. The van der Waals surface area contributed by atoms with Crippen LogP contribution in [0, 0.1) is 0 Å². The van der Waals surface area contributed by atoms with E-state index in [1.165, 1.54) is 4.72 Å². The minimum atomic E-state index is -4.65. The lowest BCUT2D eigenvalue weighted by molar-refractivity contribution is -0.121. The van der Waals surface area contributed by atoms with Crippen LogP contribution in [0.3, 0.4) is 0 Å². The Hall–Kier alpha value is -1.07. The summed E-state index contributed by atoms with van der Waals surface area (Å²) < 4.78 is 60.9. The number of nitrogens with two attached hydrogens (primary N) is 1. The zero-order valence-electron chi connectivity index (χ0n) is 9.61. The minimum absolute atomic E-state index is 0.0522. The third-order valence-corrected chi connectivity index (χ3v) is 3.24. The van der Waals surface area contributed by atoms with Crippen molar-refractivity contribution in [1.82, 2.24) is 9.03 Å². The molecule has 0 aliphatic heterocycles. The molecule has 0 radical (unpaired) electrons. The molecule has 0 saturated heterocycles. The quantitative estimate of drug-likeness (QED) is 0.262. The first kappa shape index (κ1) is 16.9. The van der Waals surface area contributed by atoms with Gasteiger partial charge in [0.25, 0.3) is 10.2 Å². The molecule has 0 aliphatic rings. The molecule has 7 nitrogen and oxygen atoms in total. The molecule has 0 unspecified atom stereocenters. The van der Waals surface area contributed by atoms with Crippen LogP contribution in [0.1, 0.15) is 13.3 Å². The van der Waals surface area contributed by atoms with Gasteiger partial charge < -0.3 is 10.9 Å². The molecule has 0 aromatic heterocycles. The van der Waals surface area contributed by atoms with E-state index < -0.39 is 35.3 Å². The summed E-state index contributed by atoms with van der Waals surface area (Å²) in [4.78, 5) is 0. The van der Waals surface area contributed by atoms with Crippen LogP contribution >= 0.6 is 0 Å². The van der Waals surface area contributed by atoms with Crippen LogP contribution in [0.5, 0.6) is 0 Å². The Morgan fingerprint density at radius 1 is 1.50 bits per heavy atom. The molecular formula is C7H15F3N4O3S. The highest BCUT2D eigenvalue weighted by molar-refractivity contribution is 7.87. The standard InChI is InChI=1S/C7H15F3N4O3S/c1-2-3-14(4-6(11)13-15)18(16,17)12-5-7(8,9)10/h12,15H,2-5H2,1H3,(H2,11,13). The van der Waals surface area contributed by atoms with E-state index in [9.17, 15) is 21.6 Å². The summed E-state index contributed by atoms with van der Waals surface area (Å²) in [5.74, 6) is -0.416. The molecular weight excluding hydrogens is 277 g/mol. The van der Waals surface area contributed by atoms with Gasteiger partial charge in [-0.25, -0.2) is 0 Å². The third kappa shape index (κ3) is 6.61. The Labute approximate surface area is 103 Å². The van der Waals surface area contributed by atoms with E-state index in [4.69, 9.17) is 10.9 Å². The number of nitrogens with zero attached hydrogens (tertiary/aromatic N) is 2. The van der Waals surface area contributed by atoms with Gasteiger partial charge >= 0.3 is 6.18 Å². The highest BCUT2D eigenvalue weighted by atomic mass is 32.2. The first-order valence-corrected chi connectivity index (χ1v) is 6.34. The van der Waals surface area contributed by atoms with Gasteiger partial charge in [0, 0.05) is 6.54 Å². The lowest BCUT2D eigenvalue weighted by atomic mass is 10.4. The van der Waals surface area contributed by atoms with Crippen LogP contribution in [-0.2, 0) is 10.2 Å². The van der Waals surface area contributed by atoms with Crippen LogP contribution in [-0.4, -0.2) is 49.6 Å². The Bertz CT molecular complexity index is 382. The highest BCUT2D eigenvalue weighted by Gasteiger charge is 2.31. The minimum Gasteiger partial charge on any atom is -0.409 e. The van der Waals surface area contributed by atoms with Crippen LogP contribution < -0.4 is 10.5 Å². The Morgan fingerprint density at radius 2 is 2.06 bits per heavy atom. The highest BCUT2D eigenvalue weighted by Crippen LogP contribution is 2.13. The molecule has 0 heterocycles. The number of hydrogen-bond donors (Lipinski definition) is 3. The van der Waals surface area contributed by atoms with Gasteiger partial charge in [0.05, 0.1) is 6.54 Å². The van der Waals surface area contributed by atoms with E-state index >= 15 is 0 Å². The summed E-state index contributed by atoms with van der Waals surface area (Å²) >= 11 is 0. The van der Waals surface area contributed by atoms with Gasteiger partial charge in [0.2, 0.25) is 0 Å². The monoisotopic (exact) mass is 292 g/mol. The molecule has 0 saturated carbocycles. The number of halogens is 3. The van der Waals surface area contributed by atoms with Crippen molar-refractivity contribution in [2.75, 3.05) is 19.6 Å². The van der Waals surface area contributed by atoms with Crippen molar-refractivity contribution in [2.45, 2.75) is 19.5 Å². The lowest BCUT2D eigenvalue weighted by Crippen LogP contribution is -2.47. The van der Waals surface area contributed by atoms with Gasteiger partial charge in [-0.1, -0.05) is 12.1 Å². The fraction of sp³-hybridized carbons (Fsp3) is 0.857. The molecule has 0 rings (SSSR count). The van der Waals surface area contributed by atoms with E-state index in [1.54, 1.807) is 6.92 Å². The Kier molecular flexibility index (Phi) is 6.35. The van der Waals surface area contributed by atoms with Crippen molar-refractivity contribution >= 4 is 16.0 Å². The first-order chi connectivity index (χ1) is 8.12. The summed E-state index contributed by atoms with van der Waals surface area (Å²) in [5, 5.41) is 10.9. The number of alkyl halides is 3. The summed E-state index contributed by atoms with van der Waals surface area (Å²) in [6.07, 6.45) is -4.28. The van der Waals surface area contributed by atoms with Crippen LogP contribution in [0.4, 0.5) is 13.2 Å². The lowest BCUT2D eigenvalue weighted by Gasteiger charge is -2.21. The molecule has 0 bridgehead atoms. The Balaban J connectivity index is 4.77. The van der Waals surface area contributed by atoms with Crippen molar-refractivity contribution in [3.63, 3.8) is 0 Å². The maximum Gasteiger partial charge on any atom is 0.402 e. The maximum atomic E-state index is 11.9. The average molecular weight is 292 g/mol. The zero-order valence-corrected chi connectivity index (χ0v) is 10.4. The largest absolute Gasteiger partial charge is 0.409 e. The van der Waals surface area contributed by atoms with Gasteiger partial charge in [-0.2, -0.15) is 30.6 Å². The SMILES string of the molecule is CCCN(CC(N)=NO)S(=O)(=O)NCC(F)(F)F. The van der Waals surface area contributed by atoms with Crippen molar-refractivity contribution in [1.29, 1.82) is 0 Å². The second-order valence-corrected chi connectivity index (χ2v) is 5.12. The second kappa shape index (κ2) is 6.75. The van der Waals surface area contributed by atoms with E-state index in [-0.39, 0.29) is 6.54 Å². The molecule has 0 fully saturated rings. The van der Waals surface area contributed by atoms with Gasteiger partial charge in [-0.05, 0) is 6.42 Å². The van der Waals surface area contributed by atoms with Crippen LogP contribution in [0.25, 0.3) is 0 Å². The Morgan fingerprint density at radius 3 is 2.44 bits per heavy atom. The molecule has 0 aromatic carbocycles. The number of oxime groups is 1. The average Bonchev–Trinajstić information content (AvgIpc) is 2.25. The number of amidine groups is 1. The molecule has 18 heavy (non-hydrogen) atoms. The van der Waals surface area contributed by atoms with E-state index in [1.807, 2.05) is 0 Å². The van der Waals surface area contributed by atoms with Crippen LogP contribution in [0.2, 0.25) is 0 Å². The number of hydrogen-bond acceptors (Lipinski definition) is 4. The van der Waals surface area contributed by atoms with E-state index in [0.29, 0.717) is 10.7 Å². The molecule has 0 atom stereocenters. The van der Waals surface area contributed by atoms with E-state index in [0.717, 1.165) is 0 Å². The van der Waals surface area contributed by atoms with Gasteiger partial charge in [0.1, 0.15) is 6.54 Å². The van der Waals surface area contributed by atoms with Crippen LogP contribution in [0.15, 0.2) is 5.16 Å². The predicted octanol–water partition coefficient (Wildman–Crippen LogP) is -0.159. The fourth-order valence-electron chi connectivity index (χ4n) is 1.01. The third-order valence-electron chi connectivity index (χ3n) is 1.73. The molecule has 4 N–H and O–H groups in total. The number of nitrogens with one attached hydrogen (secondary N) is 1. The van der Waals surface area contributed by atoms with Crippen molar-refractivity contribution in [3.8, 4) is 0 Å². The molecule has 0 aliphatic carbocycles. The van der Waals surface area contributed by atoms with Gasteiger partial charge in [0.15, 0.2) is 5.84 Å². The molecule has 0 aromatic rings. The zero-order chi connectivity index (χ0) is 14.4. The molecule has 108 valence electrons. The summed E-state index contributed by atoms with van der Waals surface area (Å²) in [5.41, 5.74) is 5.13. The van der Waals surface area contributed by atoms with Gasteiger partial charge in [-0.15, -0.1) is 0 Å². The fourth-order valence-corrected chi connectivity index (χ4v) is 2.26. The predicted molar refractivity (Wildman–Crippen MR) is 58.3 cm³/mol. The van der Waals surface area contributed by atoms with Crippen molar-refractivity contribution in [2.24, 2.45) is 10.9 Å². The maximum absolute atomic E-state index is 11.9. The van der Waals surface area contributed by atoms with Gasteiger partial charge in [-0.3, -0.25) is 0 Å². The smallest absolute Gasteiger partial charge is 0.402 e.